The maximum Gasteiger partial charge on any atom is 0.317 e. The second kappa shape index (κ2) is 5.96. The molecule has 6 nitrogen and oxygen atoms in total. The summed E-state index contributed by atoms with van der Waals surface area (Å²) in [5.74, 6) is 0.764. The molecule has 0 bridgehead atoms. The normalized spacial score (nSPS) is 15.4. The SMILES string of the molecule is O=C(NCc1ccco1)N1CCN(c2nccs2)CC1. The van der Waals surface area contributed by atoms with E-state index in [1.54, 1.807) is 17.6 Å². The lowest BCUT2D eigenvalue weighted by molar-refractivity contribution is 0.193. The van der Waals surface area contributed by atoms with Crippen LogP contribution in [0.3, 0.4) is 0 Å². The number of piperazine rings is 1. The second-order valence-electron chi connectivity index (χ2n) is 4.53. The Morgan fingerprint density at radius 1 is 1.40 bits per heavy atom. The monoisotopic (exact) mass is 292 g/mol. The summed E-state index contributed by atoms with van der Waals surface area (Å²) in [5, 5.41) is 5.86. The number of urea groups is 1. The number of rotatable bonds is 3. The summed E-state index contributed by atoms with van der Waals surface area (Å²) in [6.45, 7) is 3.50. The highest BCUT2D eigenvalue weighted by Crippen LogP contribution is 2.18. The lowest BCUT2D eigenvalue weighted by Gasteiger charge is -2.34. The Balaban J connectivity index is 1.46. The molecule has 0 saturated carbocycles. The highest BCUT2D eigenvalue weighted by molar-refractivity contribution is 7.13. The minimum absolute atomic E-state index is 0.0415. The van der Waals surface area contributed by atoms with E-state index in [4.69, 9.17) is 4.42 Å². The molecule has 1 saturated heterocycles. The summed E-state index contributed by atoms with van der Waals surface area (Å²) in [6.07, 6.45) is 3.41. The fourth-order valence-corrected chi connectivity index (χ4v) is 2.86. The van der Waals surface area contributed by atoms with Crippen LogP contribution in [-0.4, -0.2) is 42.1 Å². The third-order valence-corrected chi connectivity index (χ3v) is 4.08. The van der Waals surface area contributed by atoms with Crippen LogP contribution in [0.25, 0.3) is 0 Å². The van der Waals surface area contributed by atoms with E-state index >= 15 is 0 Å². The molecule has 0 aliphatic carbocycles. The number of carbonyl (C=O) groups excluding carboxylic acids is 1. The number of carbonyl (C=O) groups is 1. The molecule has 1 aliphatic heterocycles. The van der Waals surface area contributed by atoms with Gasteiger partial charge in [0.05, 0.1) is 12.8 Å². The Kier molecular flexibility index (Phi) is 3.87. The number of nitrogens with zero attached hydrogens (tertiary/aromatic N) is 3. The van der Waals surface area contributed by atoms with Crippen LogP contribution in [0.4, 0.5) is 9.93 Å². The smallest absolute Gasteiger partial charge is 0.317 e. The van der Waals surface area contributed by atoms with Crippen molar-refractivity contribution in [3.8, 4) is 0 Å². The Labute approximate surface area is 121 Å². The van der Waals surface area contributed by atoms with E-state index < -0.39 is 0 Å². The first-order valence-corrected chi connectivity index (χ1v) is 7.40. The van der Waals surface area contributed by atoms with E-state index in [2.05, 4.69) is 15.2 Å². The van der Waals surface area contributed by atoms with Gasteiger partial charge >= 0.3 is 6.03 Å². The van der Waals surface area contributed by atoms with Gasteiger partial charge in [-0.1, -0.05) is 0 Å². The Bertz CT molecular complexity index is 533. The third kappa shape index (κ3) is 2.93. The fraction of sp³-hybridized carbons (Fsp3) is 0.385. The highest BCUT2D eigenvalue weighted by atomic mass is 32.1. The molecule has 2 amide bonds. The first-order chi connectivity index (χ1) is 9.83. The van der Waals surface area contributed by atoms with Gasteiger partial charge in [-0.05, 0) is 12.1 Å². The van der Waals surface area contributed by atoms with Gasteiger partial charge in [-0.3, -0.25) is 0 Å². The summed E-state index contributed by atoms with van der Waals surface area (Å²) >= 11 is 1.63. The van der Waals surface area contributed by atoms with Crippen molar-refractivity contribution < 1.29 is 9.21 Å². The summed E-state index contributed by atoms with van der Waals surface area (Å²) < 4.78 is 5.19. The van der Waals surface area contributed by atoms with Crippen molar-refractivity contribution >= 4 is 22.5 Å². The van der Waals surface area contributed by atoms with Crippen LogP contribution in [0.5, 0.6) is 0 Å². The number of hydrogen-bond donors (Lipinski definition) is 1. The molecule has 3 rings (SSSR count). The number of aromatic nitrogens is 1. The van der Waals surface area contributed by atoms with Crippen LogP contribution in [-0.2, 0) is 6.54 Å². The van der Waals surface area contributed by atoms with E-state index in [1.165, 1.54) is 0 Å². The zero-order valence-electron chi connectivity index (χ0n) is 11.0. The molecule has 2 aromatic heterocycles. The molecular formula is C13H16N4O2S. The van der Waals surface area contributed by atoms with Crippen molar-refractivity contribution in [3.05, 3.63) is 35.7 Å². The molecule has 0 radical (unpaired) electrons. The molecule has 0 atom stereocenters. The van der Waals surface area contributed by atoms with E-state index in [0.717, 1.165) is 24.0 Å². The van der Waals surface area contributed by atoms with Gasteiger partial charge < -0.3 is 19.5 Å². The van der Waals surface area contributed by atoms with Crippen molar-refractivity contribution in [1.82, 2.24) is 15.2 Å². The predicted molar refractivity (Wildman–Crippen MR) is 76.8 cm³/mol. The van der Waals surface area contributed by atoms with Crippen molar-refractivity contribution in [3.63, 3.8) is 0 Å². The summed E-state index contributed by atoms with van der Waals surface area (Å²) in [6, 6.07) is 3.62. The van der Waals surface area contributed by atoms with Crippen molar-refractivity contribution in [2.75, 3.05) is 31.1 Å². The quantitative estimate of drug-likeness (QED) is 0.936. The predicted octanol–water partition coefficient (Wildman–Crippen LogP) is 1.77. The van der Waals surface area contributed by atoms with Crippen LogP contribution in [0.1, 0.15) is 5.76 Å². The maximum atomic E-state index is 12.0. The van der Waals surface area contributed by atoms with Gasteiger partial charge in [-0.15, -0.1) is 11.3 Å². The molecule has 3 heterocycles. The first kappa shape index (κ1) is 13.0. The Morgan fingerprint density at radius 3 is 2.90 bits per heavy atom. The van der Waals surface area contributed by atoms with Gasteiger partial charge in [0.1, 0.15) is 5.76 Å². The summed E-state index contributed by atoms with van der Waals surface area (Å²) in [7, 11) is 0. The molecule has 0 aromatic carbocycles. The topological polar surface area (TPSA) is 61.6 Å². The molecule has 106 valence electrons. The first-order valence-electron chi connectivity index (χ1n) is 6.52. The Hall–Kier alpha value is -2.02. The Morgan fingerprint density at radius 2 is 2.25 bits per heavy atom. The molecule has 2 aromatic rings. The van der Waals surface area contributed by atoms with Crippen LogP contribution >= 0.6 is 11.3 Å². The maximum absolute atomic E-state index is 12.0. The average Bonchev–Trinajstić information content (AvgIpc) is 3.18. The fourth-order valence-electron chi connectivity index (χ4n) is 2.16. The molecule has 0 unspecified atom stereocenters. The van der Waals surface area contributed by atoms with Gasteiger partial charge in [-0.2, -0.15) is 0 Å². The van der Waals surface area contributed by atoms with Crippen LogP contribution in [0, 0.1) is 0 Å². The lowest BCUT2D eigenvalue weighted by Crippen LogP contribution is -2.51. The van der Waals surface area contributed by atoms with Crippen molar-refractivity contribution in [2.24, 2.45) is 0 Å². The molecular weight excluding hydrogens is 276 g/mol. The van der Waals surface area contributed by atoms with Crippen LogP contribution in [0.2, 0.25) is 0 Å². The van der Waals surface area contributed by atoms with Crippen LogP contribution in [0.15, 0.2) is 34.4 Å². The number of thiazole rings is 1. The third-order valence-electron chi connectivity index (χ3n) is 3.25. The number of furan rings is 1. The molecule has 7 heteroatoms. The standard InChI is InChI=1S/C13H16N4O2S/c18-12(15-10-11-2-1-8-19-11)16-4-6-17(7-5-16)13-14-3-9-20-13/h1-3,8-9H,4-7,10H2,(H,15,18). The molecule has 1 N–H and O–H groups in total. The van der Waals surface area contributed by atoms with Gasteiger partial charge in [0, 0.05) is 37.8 Å². The second-order valence-corrected chi connectivity index (χ2v) is 5.40. The van der Waals surface area contributed by atoms with E-state index in [9.17, 15) is 4.79 Å². The minimum atomic E-state index is -0.0415. The van der Waals surface area contributed by atoms with E-state index in [1.807, 2.05) is 28.6 Å². The number of hydrogen-bond acceptors (Lipinski definition) is 5. The highest BCUT2D eigenvalue weighted by Gasteiger charge is 2.22. The lowest BCUT2D eigenvalue weighted by atomic mass is 10.3. The van der Waals surface area contributed by atoms with Crippen LogP contribution < -0.4 is 10.2 Å². The van der Waals surface area contributed by atoms with Gasteiger partial charge in [0.15, 0.2) is 5.13 Å². The number of nitrogens with one attached hydrogen (secondary N) is 1. The van der Waals surface area contributed by atoms with Crippen molar-refractivity contribution in [2.45, 2.75) is 6.54 Å². The van der Waals surface area contributed by atoms with E-state index in [-0.39, 0.29) is 6.03 Å². The summed E-state index contributed by atoms with van der Waals surface area (Å²) in [5.41, 5.74) is 0. The van der Waals surface area contributed by atoms with Gasteiger partial charge in [0.25, 0.3) is 0 Å². The molecule has 20 heavy (non-hydrogen) atoms. The average molecular weight is 292 g/mol. The van der Waals surface area contributed by atoms with Crippen molar-refractivity contribution in [1.29, 1.82) is 0 Å². The number of amides is 2. The zero-order valence-corrected chi connectivity index (χ0v) is 11.8. The largest absolute Gasteiger partial charge is 0.467 e. The van der Waals surface area contributed by atoms with Gasteiger partial charge in [0.2, 0.25) is 0 Å². The number of anilines is 1. The zero-order chi connectivity index (χ0) is 13.8. The van der Waals surface area contributed by atoms with Gasteiger partial charge in [-0.25, -0.2) is 9.78 Å². The minimum Gasteiger partial charge on any atom is -0.467 e. The molecule has 1 aliphatic rings. The molecule has 1 fully saturated rings. The molecule has 0 spiro atoms. The summed E-state index contributed by atoms with van der Waals surface area (Å²) in [4.78, 5) is 20.4. The van der Waals surface area contributed by atoms with E-state index in [0.29, 0.717) is 19.6 Å².